The van der Waals surface area contributed by atoms with Crippen LogP contribution in [0, 0.1) is 12.3 Å². The van der Waals surface area contributed by atoms with E-state index in [1.54, 1.807) is 0 Å². The van der Waals surface area contributed by atoms with Crippen molar-refractivity contribution in [2.24, 2.45) is 5.41 Å². The zero-order valence-corrected chi connectivity index (χ0v) is 15.9. The van der Waals surface area contributed by atoms with E-state index in [4.69, 9.17) is 0 Å². The average molecular weight is 339 g/mol. The average Bonchev–Trinajstić information content (AvgIpc) is 2.85. The normalized spacial score (nSPS) is 26.5. The van der Waals surface area contributed by atoms with Gasteiger partial charge in [-0.25, -0.2) is 0 Å². The molecule has 2 aliphatic rings. The molecule has 1 aromatic carbocycles. The van der Waals surface area contributed by atoms with Gasteiger partial charge in [-0.05, 0) is 44.0 Å². The van der Waals surface area contributed by atoms with Crippen molar-refractivity contribution in [1.29, 1.82) is 0 Å². The molecule has 0 saturated carbocycles. The quantitative estimate of drug-likeness (QED) is 0.837. The molecular formula is C21H29N3O. The Morgan fingerprint density at radius 3 is 2.80 bits per heavy atom. The van der Waals surface area contributed by atoms with Crippen LogP contribution in [0.1, 0.15) is 49.9 Å². The van der Waals surface area contributed by atoms with E-state index in [1.165, 1.54) is 27.7 Å². The summed E-state index contributed by atoms with van der Waals surface area (Å²) in [4.78, 5) is 18.5. The Labute approximate surface area is 150 Å². The first-order chi connectivity index (χ1) is 11.8. The molecule has 0 bridgehead atoms. The van der Waals surface area contributed by atoms with Crippen LogP contribution in [-0.2, 0) is 11.2 Å². The molecule has 1 fully saturated rings. The second kappa shape index (κ2) is 5.60. The Balaban J connectivity index is 1.68. The summed E-state index contributed by atoms with van der Waals surface area (Å²) >= 11 is 0. The smallest absolute Gasteiger partial charge is 0.225 e. The van der Waals surface area contributed by atoms with Gasteiger partial charge in [0.25, 0.3) is 0 Å². The summed E-state index contributed by atoms with van der Waals surface area (Å²) in [7, 11) is 2.21. The number of nitrogens with zero attached hydrogens (tertiary/aromatic N) is 1. The van der Waals surface area contributed by atoms with Gasteiger partial charge >= 0.3 is 0 Å². The van der Waals surface area contributed by atoms with Crippen molar-refractivity contribution in [3.63, 3.8) is 0 Å². The van der Waals surface area contributed by atoms with E-state index in [-0.39, 0.29) is 17.4 Å². The number of likely N-dealkylation sites (tertiary alicyclic amines) is 1. The Kier molecular flexibility index (Phi) is 3.73. The fourth-order valence-electron chi connectivity index (χ4n) is 4.72. The number of aryl methyl sites for hydroxylation is 1. The van der Waals surface area contributed by atoms with Crippen molar-refractivity contribution >= 4 is 16.8 Å². The third-order valence-electron chi connectivity index (χ3n) is 6.08. The largest absolute Gasteiger partial charge is 0.358 e. The maximum Gasteiger partial charge on any atom is 0.225 e. The first-order valence-electron chi connectivity index (χ1n) is 9.37. The van der Waals surface area contributed by atoms with Gasteiger partial charge < -0.3 is 15.2 Å². The minimum absolute atomic E-state index is 0.150. The van der Waals surface area contributed by atoms with Crippen LogP contribution in [0.15, 0.2) is 18.2 Å². The summed E-state index contributed by atoms with van der Waals surface area (Å²) in [5.41, 5.74) is 5.15. The number of carbonyl (C=O) groups is 1. The van der Waals surface area contributed by atoms with Crippen LogP contribution < -0.4 is 5.32 Å². The molecule has 2 aromatic rings. The third-order valence-corrected chi connectivity index (χ3v) is 6.08. The lowest BCUT2D eigenvalue weighted by atomic mass is 9.73. The van der Waals surface area contributed by atoms with Crippen molar-refractivity contribution < 1.29 is 4.79 Å². The van der Waals surface area contributed by atoms with Crippen LogP contribution in [0.3, 0.4) is 0 Å². The van der Waals surface area contributed by atoms with Crippen LogP contribution in [0.25, 0.3) is 10.9 Å². The molecule has 1 aliphatic heterocycles. The molecule has 1 saturated heterocycles. The second-order valence-corrected chi connectivity index (χ2v) is 8.97. The number of piperidine rings is 1. The van der Waals surface area contributed by atoms with Crippen LogP contribution >= 0.6 is 0 Å². The summed E-state index contributed by atoms with van der Waals surface area (Å²) in [6, 6.07) is 7.38. The molecule has 2 N–H and O–H groups in total. The number of amides is 1. The molecule has 1 amide bonds. The molecule has 0 radical (unpaired) electrons. The molecule has 1 aromatic heterocycles. The van der Waals surface area contributed by atoms with Gasteiger partial charge in [0, 0.05) is 46.6 Å². The molecule has 4 heteroatoms. The number of rotatable bonds is 1. The van der Waals surface area contributed by atoms with Crippen LogP contribution in [0.5, 0.6) is 0 Å². The second-order valence-electron chi connectivity index (χ2n) is 8.97. The predicted molar refractivity (Wildman–Crippen MR) is 102 cm³/mol. The maximum atomic E-state index is 12.5. The maximum absolute atomic E-state index is 12.5. The molecular weight excluding hydrogens is 310 g/mol. The summed E-state index contributed by atoms with van der Waals surface area (Å²) in [6.07, 6.45) is 2.13. The number of H-pyrrole nitrogens is 1. The van der Waals surface area contributed by atoms with Crippen molar-refractivity contribution in [3.8, 4) is 0 Å². The number of likely N-dealkylation sites (N-methyl/N-ethyl adjacent to an activating group) is 1. The van der Waals surface area contributed by atoms with Gasteiger partial charge in [-0.15, -0.1) is 0 Å². The van der Waals surface area contributed by atoms with Crippen molar-refractivity contribution in [2.75, 3.05) is 13.6 Å². The summed E-state index contributed by atoms with van der Waals surface area (Å²) in [5, 5.41) is 4.72. The zero-order chi connectivity index (χ0) is 17.9. The number of benzene rings is 1. The van der Waals surface area contributed by atoms with Gasteiger partial charge in [-0.2, -0.15) is 0 Å². The minimum Gasteiger partial charge on any atom is -0.358 e. The summed E-state index contributed by atoms with van der Waals surface area (Å²) < 4.78 is 0. The Hall–Kier alpha value is -1.81. The number of hydrogen-bond donors (Lipinski definition) is 2. The minimum atomic E-state index is -0.340. The van der Waals surface area contributed by atoms with Crippen molar-refractivity contribution in [3.05, 3.63) is 35.0 Å². The van der Waals surface area contributed by atoms with Gasteiger partial charge in [-0.3, -0.25) is 4.79 Å². The highest BCUT2D eigenvalue weighted by molar-refractivity contribution is 5.89. The van der Waals surface area contributed by atoms with Crippen LogP contribution in [0.2, 0.25) is 0 Å². The molecule has 134 valence electrons. The molecule has 4 nitrogen and oxygen atoms in total. The number of fused-ring (bicyclic) bond motifs is 2. The third kappa shape index (κ3) is 2.67. The van der Waals surface area contributed by atoms with Crippen molar-refractivity contribution in [1.82, 2.24) is 15.2 Å². The van der Waals surface area contributed by atoms with E-state index in [1.807, 2.05) is 20.8 Å². The fourth-order valence-corrected chi connectivity index (χ4v) is 4.72. The highest BCUT2D eigenvalue weighted by atomic mass is 16.2. The van der Waals surface area contributed by atoms with Crippen molar-refractivity contribution in [2.45, 2.75) is 58.5 Å². The summed E-state index contributed by atoms with van der Waals surface area (Å²) in [5.74, 6) is 0.631. The lowest BCUT2D eigenvalue weighted by Crippen LogP contribution is -2.56. The topological polar surface area (TPSA) is 48.1 Å². The molecule has 25 heavy (non-hydrogen) atoms. The number of hydrogen-bond acceptors (Lipinski definition) is 2. The van der Waals surface area contributed by atoms with Crippen LogP contribution in [0.4, 0.5) is 0 Å². The standard InChI is InChI=1S/C21H29N3O/c1-12-15-10-18-16(14-7-6-8-17(22-12)19(14)15)9-13(11-24(18)5)23-20(25)21(2,3)4/h6-8,13,16,18,22H,9-11H2,1-5H3,(H,23,25)/t13-,16+,18+/m0/s1. The molecule has 4 rings (SSSR count). The van der Waals surface area contributed by atoms with E-state index < -0.39 is 0 Å². The Morgan fingerprint density at radius 1 is 1.32 bits per heavy atom. The molecule has 2 heterocycles. The van der Waals surface area contributed by atoms with Crippen LogP contribution in [-0.4, -0.2) is 41.5 Å². The van der Waals surface area contributed by atoms with Gasteiger partial charge in [0.05, 0.1) is 0 Å². The Morgan fingerprint density at radius 2 is 2.08 bits per heavy atom. The van der Waals surface area contributed by atoms with Gasteiger partial charge in [0.2, 0.25) is 5.91 Å². The molecule has 1 aliphatic carbocycles. The highest BCUT2D eigenvalue weighted by Gasteiger charge is 2.40. The lowest BCUT2D eigenvalue weighted by Gasteiger charge is -2.46. The fraction of sp³-hybridized carbons (Fsp3) is 0.571. The number of carbonyl (C=O) groups excluding carboxylic acids is 1. The first kappa shape index (κ1) is 16.6. The van der Waals surface area contributed by atoms with E-state index in [2.05, 4.69) is 47.4 Å². The predicted octanol–water partition coefficient (Wildman–Crippen LogP) is 3.35. The van der Waals surface area contributed by atoms with E-state index in [9.17, 15) is 4.79 Å². The summed E-state index contributed by atoms with van der Waals surface area (Å²) in [6.45, 7) is 9.06. The molecule has 0 unspecified atom stereocenters. The SMILES string of the molecule is Cc1[nH]c2cccc3c2c1C[C@@H]1[C@@H]3C[C@H](NC(=O)C(C)(C)C)CN1C. The first-order valence-corrected chi connectivity index (χ1v) is 9.37. The van der Waals surface area contributed by atoms with Gasteiger partial charge in [-0.1, -0.05) is 32.9 Å². The van der Waals surface area contributed by atoms with E-state index >= 15 is 0 Å². The van der Waals surface area contributed by atoms with E-state index in [0.717, 1.165) is 19.4 Å². The zero-order valence-electron chi connectivity index (χ0n) is 15.9. The van der Waals surface area contributed by atoms with Gasteiger partial charge in [0.1, 0.15) is 0 Å². The number of nitrogens with one attached hydrogen (secondary N) is 2. The monoisotopic (exact) mass is 339 g/mol. The van der Waals surface area contributed by atoms with E-state index in [0.29, 0.717) is 12.0 Å². The Bertz CT molecular complexity index is 830. The molecule has 3 atom stereocenters. The highest BCUT2D eigenvalue weighted by Crippen LogP contribution is 2.44. The van der Waals surface area contributed by atoms with Gasteiger partial charge in [0.15, 0.2) is 0 Å². The lowest BCUT2D eigenvalue weighted by molar-refractivity contribution is -0.129. The number of aromatic amines is 1. The molecule has 0 spiro atoms. The number of aromatic nitrogens is 1.